The van der Waals surface area contributed by atoms with Gasteiger partial charge < -0.3 is 10.1 Å². The summed E-state index contributed by atoms with van der Waals surface area (Å²) in [4.78, 5) is 22.8. The third-order valence-corrected chi connectivity index (χ3v) is 2.50. The van der Waals surface area contributed by atoms with Crippen molar-refractivity contribution in [3.8, 4) is 0 Å². The highest BCUT2D eigenvalue weighted by Crippen LogP contribution is 2.02. The maximum absolute atomic E-state index is 11.6. The third-order valence-electron chi connectivity index (χ3n) is 2.50. The first-order chi connectivity index (χ1) is 9.08. The van der Waals surface area contributed by atoms with Gasteiger partial charge in [0.25, 0.3) is 0 Å². The number of nitrogens with one attached hydrogen (secondary N) is 1. The maximum atomic E-state index is 11.6. The number of amides is 1. The molecule has 0 spiro atoms. The van der Waals surface area contributed by atoms with Crippen LogP contribution >= 0.6 is 0 Å². The van der Waals surface area contributed by atoms with E-state index in [0.29, 0.717) is 19.4 Å². The summed E-state index contributed by atoms with van der Waals surface area (Å²) >= 11 is 0. The van der Waals surface area contributed by atoms with E-state index >= 15 is 0 Å². The molecule has 0 saturated carbocycles. The Bertz CT molecular complexity index is 401. The zero-order chi connectivity index (χ0) is 14.1. The minimum Gasteiger partial charge on any atom is -0.463 e. The molecule has 0 aliphatic heterocycles. The van der Waals surface area contributed by atoms with Gasteiger partial charge in [-0.25, -0.2) is 0 Å². The van der Waals surface area contributed by atoms with Crippen LogP contribution in [-0.2, 0) is 20.7 Å². The topological polar surface area (TPSA) is 55.4 Å². The van der Waals surface area contributed by atoms with Crippen LogP contribution in [0.1, 0.15) is 32.3 Å². The Hall–Kier alpha value is -1.84. The van der Waals surface area contributed by atoms with Gasteiger partial charge in [0.2, 0.25) is 5.91 Å². The fourth-order valence-electron chi connectivity index (χ4n) is 1.62. The van der Waals surface area contributed by atoms with E-state index in [1.807, 2.05) is 30.3 Å². The van der Waals surface area contributed by atoms with E-state index < -0.39 is 0 Å². The summed E-state index contributed by atoms with van der Waals surface area (Å²) in [6, 6.07) is 9.84. The van der Waals surface area contributed by atoms with Crippen molar-refractivity contribution in [1.29, 1.82) is 0 Å². The van der Waals surface area contributed by atoms with Gasteiger partial charge in [0.1, 0.15) is 0 Å². The molecule has 0 heterocycles. The Kier molecular flexibility index (Phi) is 6.64. The van der Waals surface area contributed by atoms with Crippen molar-refractivity contribution in [2.24, 2.45) is 0 Å². The lowest BCUT2D eigenvalue weighted by Crippen LogP contribution is -2.27. The van der Waals surface area contributed by atoms with Gasteiger partial charge in [0.15, 0.2) is 0 Å². The summed E-state index contributed by atoms with van der Waals surface area (Å²) in [6.45, 7) is 3.94. The molecule has 0 saturated heterocycles. The highest BCUT2D eigenvalue weighted by atomic mass is 16.5. The molecule has 104 valence electrons. The van der Waals surface area contributed by atoms with Crippen LogP contribution < -0.4 is 5.32 Å². The van der Waals surface area contributed by atoms with Crippen molar-refractivity contribution in [2.45, 2.75) is 39.2 Å². The Morgan fingerprint density at radius 2 is 1.84 bits per heavy atom. The van der Waals surface area contributed by atoms with Crippen LogP contribution in [0.4, 0.5) is 0 Å². The van der Waals surface area contributed by atoms with Gasteiger partial charge in [0, 0.05) is 13.0 Å². The summed E-state index contributed by atoms with van der Waals surface area (Å²) in [5.41, 5.74) is 1.14. The number of benzene rings is 1. The lowest BCUT2D eigenvalue weighted by Gasteiger charge is -2.08. The van der Waals surface area contributed by atoms with Gasteiger partial charge in [-0.2, -0.15) is 0 Å². The van der Waals surface area contributed by atoms with Crippen LogP contribution in [0.2, 0.25) is 0 Å². The molecule has 0 unspecified atom stereocenters. The zero-order valence-corrected chi connectivity index (χ0v) is 11.5. The monoisotopic (exact) mass is 263 g/mol. The fraction of sp³-hybridized carbons (Fsp3) is 0.467. The molecule has 0 atom stereocenters. The average Bonchev–Trinajstić information content (AvgIpc) is 2.36. The molecule has 0 aliphatic rings. The van der Waals surface area contributed by atoms with Crippen molar-refractivity contribution in [3.05, 3.63) is 35.9 Å². The molecule has 0 aromatic heterocycles. The molecule has 1 N–H and O–H groups in total. The molecule has 1 amide bonds. The second-order valence-corrected chi connectivity index (χ2v) is 4.62. The van der Waals surface area contributed by atoms with Gasteiger partial charge in [-0.1, -0.05) is 30.3 Å². The van der Waals surface area contributed by atoms with Gasteiger partial charge in [-0.15, -0.1) is 0 Å². The number of ether oxygens (including phenoxy) is 1. The fourth-order valence-corrected chi connectivity index (χ4v) is 1.62. The highest BCUT2D eigenvalue weighted by molar-refractivity contribution is 5.77. The SMILES string of the molecule is CC(C)OC(=O)CCNC(=O)CCc1ccccc1. The minimum absolute atomic E-state index is 0.0406. The lowest BCUT2D eigenvalue weighted by molar-refractivity contribution is -0.147. The van der Waals surface area contributed by atoms with E-state index in [0.717, 1.165) is 5.56 Å². The molecule has 0 bridgehead atoms. The largest absolute Gasteiger partial charge is 0.463 e. The summed E-state index contributed by atoms with van der Waals surface area (Å²) in [5.74, 6) is -0.320. The molecule has 1 rings (SSSR count). The number of carbonyl (C=O) groups excluding carboxylic acids is 2. The number of esters is 1. The van der Waals surface area contributed by atoms with Crippen molar-refractivity contribution >= 4 is 11.9 Å². The van der Waals surface area contributed by atoms with E-state index in [-0.39, 0.29) is 24.4 Å². The van der Waals surface area contributed by atoms with Crippen molar-refractivity contribution < 1.29 is 14.3 Å². The molecule has 1 aromatic carbocycles. The van der Waals surface area contributed by atoms with Gasteiger partial charge in [0.05, 0.1) is 12.5 Å². The number of hydrogen-bond acceptors (Lipinski definition) is 3. The normalized spacial score (nSPS) is 10.3. The van der Waals surface area contributed by atoms with Crippen molar-refractivity contribution in [2.75, 3.05) is 6.54 Å². The van der Waals surface area contributed by atoms with Gasteiger partial charge in [-0.05, 0) is 25.8 Å². The number of rotatable bonds is 7. The molecule has 19 heavy (non-hydrogen) atoms. The summed E-state index contributed by atoms with van der Waals surface area (Å²) in [5, 5.41) is 2.72. The highest BCUT2D eigenvalue weighted by Gasteiger charge is 2.06. The molecule has 0 aliphatic carbocycles. The van der Waals surface area contributed by atoms with E-state index in [1.54, 1.807) is 13.8 Å². The number of carbonyl (C=O) groups is 2. The van der Waals surface area contributed by atoms with E-state index in [4.69, 9.17) is 4.74 Å². The first-order valence-electron chi connectivity index (χ1n) is 6.58. The maximum Gasteiger partial charge on any atom is 0.307 e. The standard InChI is InChI=1S/C15H21NO3/c1-12(2)19-15(18)10-11-16-14(17)9-8-13-6-4-3-5-7-13/h3-7,12H,8-11H2,1-2H3,(H,16,17). The molecular weight excluding hydrogens is 242 g/mol. The average molecular weight is 263 g/mol. The van der Waals surface area contributed by atoms with E-state index in [9.17, 15) is 9.59 Å². The smallest absolute Gasteiger partial charge is 0.307 e. The first-order valence-corrected chi connectivity index (χ1v) is 6.58. The van der Waals surface area contributed by atoms with E-state index in [1.165, 1.54) is 0 Å². The van der Waals surface area contributed by atoms with Crippen LogP contribution in [0.25, 0.3) is 0 Å². The van der Waals surface area contributed by atoms with Crippen LogP contribution in [0.3, 0.4) is 0 Å². The van der Waals surface area contributed by atoms with Crippen LogP contribution in [0, 0.1) is 0 Å². The van der Waals surface area contributed by atoms with E-state index in [2.05, 4.69) is 5.32 Å². The number of hydrogen-bond donors (Lipinski definition) is 1. The Balaban J connectivity index is 2.13. The van der Waals surface area contributed by atoms with Gasteiger partial charge >= 0.3 is 5.97 Å². The predicted octanol–water partition coefficient (Wildman–Crippen LogP) is 2.08. The summed E-state index contributed by atoms with van der Waals surface area (Å²) in [7, 11) is 0. The lowest BCUT2D eigenvalue weighted by atomic mass is 10.1. The molecule has 0 radical (unpaired) electrons. The Morgan fingerprint density at radius 1 is 1.16 bits per heavy atom. The van der Waals surface area contributed by atoms with Crippen molar-refractivity contribution in [1.82, 2.24) is 5.32 Å². The predicted molar refractivity (Wildman–Crippen MR) is 73.6 cm³/mol. The molecule has 4 nitrogen and oxygen atoms in total. The van der Waals surface area contributed by atoms with Gasteiger partial charge in [-0.3, -0.25) is 9.59 Å². The quantitative estimate of drug-likeness (QED) is 0.766. The molecular formula is C15H21NO3. The second kappa shape index (κ2) is 8.29. The summed E-state index contributed by atoms with van der Waals surface area (Å²) in [6.07, 6.45) is 1.25. The minimum atomic E-state index is -0.279. The molecule has 1 aromatic rings. The molecule has 0 fully saturated rings. The number of aryl methyl sites for hydroxylation is 1. The molecule has 4 heteroatoms. The van der Waals surface area contributed by atoms with Crippen LogP contribution in [0.5, 0.6) is 0 Å². The first kappa shape index (κ1) is 15.2. The van der Waals surface area contributed by atoms with Crippen LogP contribution in [0.15, 0.2) is 30.3 Å². The Morgan fingerprint density at radius 3 is 2.47 bits per heavy atom. The zero-order valence-electron chi connectivity index (χ0n) is 11.5. The third kappa shape index (κ3) is 7.24. The second-order valence-electron chi connectivity index (χ2n) is 4.62. The van der Waals surface area contributed by atoms with Crippen LogP contribution in [-0.4, -0.2) is 24.5 Å². The van der Waals surface area contributed by atoms with Crippen molar-refractivity contribution in [3.63, 3.8) is 0 Å². The summed E-state index contributed by atoms with van der Waals surface area (Å²) < 4.78 is 4.97. The Labute approximate surface area is 114 Å².